The van der Waals surface area contributed by atoms with Gasteiger partial charge in [0.15, 0.2) is 0 Å². The van der Waals surface area contributed by atoms with E-state index in [1.54, 1.807) is 22.7 Å². The van der Waals surface area contributed by atoms with Gasteiger partial charge in [-0.3, -0.25) is 0 Å². The highest BCUT2D eigenvalue weighted by molar-refractivity contribution is 7.19. The second-order valence-corrected chi connectivity index (χ2v) is 15.2. The van der Waals surface area contributed by atoms with E-state index >= 15 is 0 Å². The summed E-state index contributed by atoms with van der Waals surface area (Å²) in [5.41, 5.74) is 12.4. The quantitative estimate of drug-likeness (QED) is 0.169. The number of rotatable bonds is 5. The highest BCUT2D eigenvalue weighted by atomic mass is 32.1. The van der Waals surface area contributed by atoms with Crippen molar-refractivity contribution in [2.24, 2.45) is 0 Å². The molecule has 3 aromatic heterocycles. The fourth-order valence-electron chi connectivity index (χ4n) is 6.87. The molecule has 0 fully saturated rings. The molecule has 49 heavy (non-hydrogen) atoms. The van der Waals surface area contributed by atoms with Crippen LogP contribution >= 0.6 is 34.4 Å². The monoisotopic (exact) mass is 685 g/mol. The molecule has 0 radical (unpaired) electrons. The summed E-state index contributed by atoms with van der Waals surface area (Å²) in [6.45, 7) is 4.63. The molecule has 0 saturated heterocycles. The van der Waals surface area contributed by atoms with Crippen molar-refractivity contribution in [1.82, 2.24) is 13.7 Å². The maximum Gasteiger partial charge on any atom is 0.135 e. The Morgan fingerprint density at radius 1 is 0.735 bits per heavy atom. The molecule has 9 rings (SSSR count). The highest BCUT2D eigenvalue weighted by Crippen LogP contribution is 2.52. The summed E-state index contributed by atoms with van der Waals surface area (Å²) in [6, 6.07) is 45.0. The second-order valence-electron chi connectivity index (χ2n) is 12.5. The van der Waals surface area contributed by atoms with Crippen LogP contribution in [0.4, 0.5) is 17.1 Å². The number of anilines is 3. The maximum atomic E-state index is 10.0. The first kappa shape index (κ1) is 29.7. The number of thiazole rings is 1. The molecule has 234 valence electrons. The van der Waals surface area contributed by atoms with Crippen molar-refractivity contribution in [3.05, 3.63) is 142 Å². The lowest BCUT2D eigenvalue weighted by Crippen LogP contribution is -2.30. The van der Waals surface area contributed by atoms with Crippen LogP contribution < -0.4 is 4.90 Å². The molecule has 0 unspecified atom stereocenters. The zero-order valence-electron chi connectivity index (χ0n) is 26.6. The lowest BCUT2D eigenvalue weighted by atomic mass is 9.73. The summed E-state index contributed by atoms with van der Waals surface area (Å²) in [6.07, 6.45) is 1.93. The van der Waals surface area contributed by atoms with E-state index in [2.05, 4.69) is 122 Å². The van der Waals surface area contributed by atoms with Crippen LogP contribution in [-0.4, -0.2) is 13.7 Å². The summed E-state index contributed by atoms with van der Waals surface area (Å²) in [4.78, 5) is 9.15. The van der Waals surface area contributed by atoms with Gasteiger partial charge in [-0.05, 0) is 77.4 Å². The molecule has 0 spiro atoms. The minimum Gasteiger partial charge on any atom is -0.310 e. The van der Waals surface area contributed by atoms with Crippen molar-refractivity contribution in [3.63, 3.8) is 0 Å². The van der Waals surface area contributed by atoms with Crippen molar-refractivity contribution in [2.75, 3.05) is 4.90 Å². The molecule has 0 N–H and O–H groups in total. The summed E-state index contributed by atoms with van der Waals surface area (Å²) in [7, 11) is 0. The number of para-hydroxylation sites is 3. The van der Waals surface area contributed by atoms with E-state index < -0.39 is 0 Å². The van der Waals surface area contributed by atoms with Crippen LogP contribution in [-0.2, 0) is 5.41 Å². The first-order valence-electron chi connectivity index (χ1n) is 15.9. The van der Waals surface area contributed by atoms with Crippen LogP contribution in [0.15, 0.2) is 121 Å². The Kier molecular flexibility index (Phi) is 7.02. The van der Waals surface area contributed by atoms with Crippen LogP contribution in [0.25, 0.3) is 54.5 Å². The minimum absolute atomic E-state index is 0.207. The van der Waals surface area contributed by atoms with E-state index in [-0.39, 0.29) is 5.41 Å². The number of hydrogen-bond donors (Lipinski definition) is 0. The summed E-state index contributed by atoms with van der Waals surface area (Å²) in [5.74, 6) is 0. The van der Waals surface area contributed by atoms with Crippen molar-refractivity contribution in [1.29, 1.82) is 5.26 Å². The van der Waals surface area contributed by atoms with Crippen LogP contribution in [0, 0.1) is 11.3 Å². The molecular weight excluding hydrogens is 659 g/mol. The van der Waals surface area contributed by atoms with E-state index in [4.69, 9.17) is 13.7 Å². The summed E-state index contributed by atoms with van der Waals surface area (Å²) >= 11 is 4.43. The number of fused-ring (bicyclic) bond motifs is 4. The minimum atomic E-state index is -0.207. The molecule has 4 heterocycles. The van der Waals surface area contributed by atoms with Gasteiger partial charge in [0, 0.05) is 32.0 Å². The number of aromatic nitrogens is 3. The summed E-state index contributed by atoms with van der Waals surface area (Å²) < 4.78 is 10.7. The molecule has 8 aromatic rings. The summed E-state index contributed by atoms with van der Waals surface area (Å²) in [5, 5.41) is 10.7. The zero-order valence-corrected chi connectivity index (χ0v) is 29.0. The van der Waals surface area contributed by atoms with Crippen molar-refractivity contribution >= 4 is 84.4 Å². The number of nitrogens with zero attached hydrogens (tertiary/aromatic N) is 5. The fourth-order valence-corrected chi connectivity index (χ4v) is 9.35. The Morgan fingerprint density at radius 2 is 1.47 bits per heavy atom. The van der Waals surface area contributed by atoms with Gasteiger partial charge in [0.25, 0.3) is 0 Å². The van der Waals surface area contributed by atoms with Gasteiger partial charge in [-0.1, -0.05) is 80.6 Å². The van der Waals surface area contributed by atoms with Gasteiger partial charge in [0.2, 0.25) is 0 Å². The van der Waals surface area contributed by atoms with Gasteiger partial charge >= 0.3 is 0 Å². The molecule has 0 atom stereocenters. The first-order valence-corrected chi connectivity index (χ1v) is 18.3. The highest BCUT2D eigenvalue weighted by Gasteiger charge is 2.37. The van der Waals surface area contributed by atoms with Crippen molar-refractivity contribution in [3.8, 4) is 27.6 Å². The SMILES string of the molecule is CC1(C)c2ccccc2N(c2ccccc2)c2ccc(-c3ccc(-c4ccc(/C=C(\C#N)c5nc6ccccc6s5)s4)c4nsnc34)cc21. The number of nitriles is 1. The lowest BCUT2D eigenvalue weighted by Gasteiger charge is -2.42. The second kappa shape index (κ2) is 11.6. The van der Waals surface area contributed by atoms with Gasteiger partial charge < -0.3 is 4.90 Å². The van der Waals surface area contributed by atoms with E-state index in [9.17, 15) is 5.26 Å². The maximum absolute atomic E-state index is 10.0. The Morgan fingerprint density at radius 3 is 2.31 bits per heavy atom. The van der Waals surface area contributed by atoms with Crippen molar-refractivity contribution in [2.45, 2.75) is 19.3 Å². The average molecular weight is 686 g/mol. The molecule has 5 aromatic carbocycles. The van der Waals surface area contributed by atoms with E-state index in [1.807, 2.05) is 30.3 Å². The third-order valence-corrected chi connectivity index (χ3v) is 12.0. The molecule has 8 heteroatoms. The van der Waals surface area contributed by atoms with E-state index in [0.29, 0.717) is 5.57 Å². The third kappa shape index (κ3) is 4.89. The first-order chi connectivity index (χ1) is 24.0. The molecule has 0 saturated carbocycles. The van der Waals surface area contributed by atoms with Gasteiger partial charge in [0.1, 0.15) is 22.1 Å². The smallest absolute Gasteiger partial charge is 0.135 e. The topological polar surface area (TPSA) is 65.7 Å². The standard InChI is InChI=1S/C41H27N5S3/c1-41(2)31-12-6-8-14-34(31)46(27-10-4-3-5-11-27)35-20-16-25(23-32(35)41)29-18-19-30(39-38(29)44-49-45-39)36-21-17-28(47-36)22-26(24-42)40-43-33-13-7-9-15-37(33)48-40/h3-23H,1-2H3/b26-22+. The van der Waals surface area contributed by atoms with Crippen molar-refractivity contribution < 1.29 is 0 Å². The Balaban J connectivity index is 1.10. The number of benzene rings is 5. The van der Waals surface area contributed by atoms with Gasteiger partial charge in [-0.2, -0.15) is 14.0 Å². The zero-order chi connectivity index (χ0) is 33.1. The predicted octanol–water partition coefficient (Wildman–Crippen LogP) is 11.9. The molecular formula is C41H27N5S3. The molecule has 0 aliphatic carbocycles. The van der Waals surface area contributed by atoms with Gasteiger partial charge in [0.05, 0.1) is 38.9 Å². The number of thiophene rings is 1. The third-order valence-electron chi connectivity index (χ3n) is 9.29. The lowest BCUT2D eigenvalue weighted by molar-refractivity contribution is 0.632. The van der Waals surface area contributed by atoms with Crippen LogP contribution in [0.1, 0.15) is 34.9 Å². The molecule has 0 amide bonds. The van der Waals surface area contributed by atoms with Gasteiger partial charge in [-0.25, -0.2) is 4.98 Å². The Labute approximate surface area is 296 Å². The number of hydrogen-bond acceptors (Lipinski definition) is 8. The van der Waals surface area contributed by atoms with Crippen LogP contribution in [0.3, 0.4) is 0 Å². The van der Waals surface area contributed by atoms with Crippen LogP contribution in [0.5, 0.6) is 0 Å². The number of allylic oxidation sites excluding steroid dienone is 1. The van der Waals surface area contributed by atoms with E-state index in [1.165, 1.54) is 34.2 Å². The molecule has 1 aliphatic rings. The molecule has 0 bridgehead atoms. The average Bonchev–Trinajstić information content (AvgIpc) is 3.91. The van der Waals surface area contributed by atoms with Gasteiger partial charge in [-0.15, -0.1) is 22.7 Å². The van der Waals surface area contributed by atoms with Crippen LogP contribution in [0.2, 0.25) is 0 Å². The fraction of sp³-hybridized carbons (Fsp3) is 0.0732. The normalized spacial score (nSPS) is 13.7. The largest absolute Gasteiger partial charge is 0.310 e. The molecule has 5 nitrogen and oxygen atoms in total. The van der Waals surface area contributed by atoms with E-state index in [0.717, 1.165) is 58.4 Å². The Hall–Kier alpha value is -5.46. The molecule has 1 aliphatic heterocycles. The Bertz CT molecular complexity index is 2590. The predicted molar refractivity (Wildman–Crippen MR) is 206 cm³/mol.